The average molecular weight is 415 g/mol. The second-order valence-electron chi connectivity index (χ2n) is 6.10. The van der Waals surface area contributed by atoms with Gasteiger partial charge in [0.25, 0.3) is 0 Å². The monoisotopic (exact) mass is 415 g/mol. The van der Waals surface area contributed by atoms with Gasteiger partial charge in [-0.1, -0.05) is 15.5 Å². The second kappa shape index (κ2) is 9.11. The quantitative estimate of drug-likeness (QED) is 0.286. The zero-order valence-corrected chi connectivity index (χ0v) is 17.5. The summed E-state index contributed by atoms with van der Waals surface area (Å²) in [6.45, 7) is 6.83. The lowest BCUT2D eigenvalue weighted by molar-refractivity contribution is 0.0727. The van der Waals surface area contributed by atoms with E-state index in [-0.39, 0.29) is 0 Å². The fourth-order valence-electron chi connectivity index (χ4n) is 2.09. The van der Waals surface area contributed by atoms with Crippen LogP contribution >= 0.6 is 0 Å². The molecule has 0 saturated carbocycles. The van der Waals surface area contributed by atoms with E-state index in [0.717, 1.165) is 0 Å². The molecular formula is C19H21N3O6Si. The number of rotatable bonds is 9. The zero-order valence-electron chi connectivity index (χ0n) is 16.5. The Balaban J connectivity index is 1.78. The summed E-state index contributed by atoms with van der Waals surface area (Å²) in [6, 6.07) is 10.6. The maximum atomic E-state index is 5.60. The Labute approximate surface area is 168 Å². The van der Waals surface area contributed by atoms with Crippen molar-refractivity contribution in [3.05, 3.63) is 72.5 Å². The average Bonchev–Trinajstić information content (AvgIpc) is 3.51. The van der Waals surface area contributed by atoms with E-state index in [1.165, 1.54) is 0 Å². The minimum absolute atomic E-state index is 0.513. The van der Waals surface area contributed by atoms with Crippen molar-refractivity contribution < 1.29 is 26.8 Å². The van der Waals surface area contributed by atoms with Crippen LogP contribution in [0.25, 0.3) is 0 Å². The van der Waals surface area contributed by atoms with Crippen LogP contribution in [0.1, 0.15) is 38.1 Å². The lowest BCUT2D eigenvalue weighted by Crippen LogP contribution is -2.38. The molecule has 0 atom stereocenters. The third kappa shape index (κ3) is 5.48. The number of hydrogen-bond donors (Lipinski definition) is 0. The molecular weight excluding hydrogens is 394 g/mol. The topological polar surface area (TPSA) is 104 Å². The van der Waals surface area contributed by atoms with Gasteiger partial charge in [-0.15, -0.1) is 0 Å². The van der Waals surface area contributed by atoms with Crippen LogP contribution in [-0.4, -0.2) is 25.9 Å². The van der Waals surface area contributed by atoms with Crippen molar-refractivity contribution in [2.45, 2.75) is 27.3 Å². The predicted octanol–water partition coefficient (Wildman–Crippen LogP) is 4.66. The summed E-state index contributed by atoms with van der Waals surface area (Å²) in [4.78, 5) is 0. The Kier molecular flexibility index (Phi) is 6.35. The van der Waals surface area contributed by atoms with E-state index >= 15 is 0 Å². The summed E-state index contributed by atoms with van der Waals surface area (Å²) in [7, 11) is -3.46. The van der Waals surface area contributed by atoms with Gasteiger partial charge in [0.1, 0.15) is 17.1 Å². The molecule has 3 rings (SSSR count). The summed E-state index contributed by atoms with van der Waals surface area (Å²) in [6.07, 6.45) is 4.64. The Morgan fingerprint density at radius 1 is 0.655 bits per heavy atom. The smallest absolute Gasteiger partial charge is 0.463 e. The maximum Gasteiger partial charge on any atom is 0.759 e. The first-order chi connectivity index (χ1) is 14.0. The molecule has 0 aliphatic heterocycles. The summed E-state index contributed by atoms with van der Waals surface area (Å²) >= 11 is 0. The minimum Gasteiger partial charge on any atom is -0.463 e. The predicted molar refractivity (Wildman–Crippen MR) is 108 cm³/mol. The van der Waals surface area contributed by atoms with Crippen LogP contribution in [0.3, 0.4) is 0 Å². The van der Waals surface area contributed by atoms with Gasteiger partial charge in [-0.3, -0.25) is 0 Å². The largest absolute Gasteiger partial charge is 0.759 e. The van der Waals surface area contributed by atoms with Gasteiger partial charge in [0.2, 0.25) is 0 Å². The Bertz CT molecular complexity index is 849. The van der Waals surface area contributed by atoms with E-state index < -0.39 is 8.80 Å². The van der Waals surface area contributed by atoms with E-state index in [4.69, 9.17) is 26.8 Å². The molecule has 0 N–H and O–H groups in total. The summed E-state index contributed by atoms with van der Waals surface area (Å²) in [5, 5.41) is 12.2. The highest BCUT2D eigenvalue weighted by Gasteiger charge is 2.45. The number of hydrogen-bond acceptors (Lipinski definition) is 9. The van der Waals surface area contributed by atoms with Crippen molar-refractivity contribution in [2.24, 2.45) is 15.5 Å². The van der Waals surface area contributed by atoms with E-state index in [0.29, 0.717) is 34.4 Å². The Morgan fingerprint density at radius 3 is 1.21 bits per heavy atom. The van der Waals surface area contributed by atoms with Crippen LogP contribution in [-0.2, 0) is 13.6 Å². The molecule has 0 spiro atoms. The van der Waals surface area contributed by atoms with Gasteiger partial charge in [0.15, 0.2) is 17.3 Å². The maximum absolute atomic E-state index is 5.60. The molecule has 0 amide bonds. The molecule has 0 fully saturated rings. The molecule has 0 aliphatic rings. The molecule has 29 heavy (non-hydrogen) atoms. The lowest BCUT2D eigenvalue weighted by Gasteiger charge is -2.18. The SMILES string of the molecule is C/C(=N/O[Si](C)(O/N=C(\C)c1ccco1)O/N=C(\C)c1ccco1)c1ccco1. The third-order valence-corrected chi connectivity index (χ3v) is 4.95. The standard InChI is InChI=1S/C19H21N3O6Si/c1-14(17-8-5-11-23-17)20-26-29(4,27-21-15(2)18-9-6-12-24-18)28-22-16(3)19-10-7-13-25-19/h5-13H,1-4H3/b20-14-,21-15+,22-16+. The van der Waals surface area contributed by atoms with Gasteiger partial charge in [-0.05, 0) is 57.2 Å². The minimum atomic E-state index is -3.46. The van der Waals surface area contributed by atoms with Crippen LogP contribution < -0.4 is 0 Å². The van der Waals surface area contributed by atoms with E-state index in [1.807, 2.05) is 0 Å². The van der Waals surface area contributed by atoms with E-state index in [1.54, 1.807) is 82.5 Å². The van der Waals surface area contributed by atoms with Crippen molar-refractivity contribution in [1.29, 1.82) is 0 Å². The second-order valence-corrected chi connectivity index (χ2v) is 8.37. The van der Waals surface area contributed by atoms with E-state index in [2.05, 4.69) is 15.5 Å². The van der Waals surface area contributed by atoms with Gasteiger partial charge in [-0.25, -0.2) is 0 Å². The van der Waals surface area contributed by atoms with Crippen LogP contribution in [0.5, 0.6) is 0 Å². The van der Waals surface area contributed by atoms with Crippen molar-refractivity contribution in [3.8, 4) is 0 Å². The van der Waals surface area contributed by atoms with Crippen molar-refractivity contribution in [2.75, 3.05) is 0 Å². The normalized spacial score (nSPS) is 13.4. The fourth-order valence-corrected chi connectivity index (χ4v) is 3.10. The number of oxime groups is 3. The van der Waals surface area contributed by atoms with E-state index in [9.17, 15) is 0 Å². The zero-order chi connectivity index (χ0) is 20.7. The Hall–Kier alpha value is -3.53. The highest BCUT2D eigenvalue weighted by Crippen LogP contribution is 2.15. The molecule has 9 nitrogen and oxygen atoms in total. The van der Waals surface area contributed by atoms with Gasteiger partial charge in [0, 0.05) is 6.55 Å². The van der Waals surface area contributed by atoms with Crippen LogP contribution in [0.4, 0.5) is 0 Å². The first-order valence-corrected chi connectivity index (χ1v) is 11.0. The third-order valence-electron chi connectivity index (χ3n) is 3.68. The molecule has 10 heteroatoms. The van der Waals surface area contributed by atoms with Crippen molar-refractivity contribution in [1.82, 2.24) is 0 Å². The first kappa shape index (κ1) is 20.2. The van der Waals surface area contributed by atoms with Crippen LogP contribution in [0.2, 0.25) is 6.55 Å². The van der Waals surface area contributed by atoms with Crippen LogP contribution in [0.15, 0.2) is 83.9 Å². The highest BCUT2D eigenvalue weighted by atomic mass is 28.4. The molecule has 0 aliphatic carbocycles. The molecule has 0 aromatic carbocycles. The molecule has 3 aromatic heterocycles. The van der Waals surface area contributed by atoms with Crippen molar-refractivity contribution in [3.63, 3.8) is 0 Å². The Morgan fingerprint density at radius 2 is 0.966 bits per heavy atom. The van der Waals surface area contributed by atoms with Gasteiger partial charge in [-0.2, -0.15) is 0 Å². The van der Waals surface area contributed by atoms with Crippen molar-refractivity contribution >= 4 is 25.9 Å². The molecule has 0 radical (unpaired) electrons. The molecule has 3 aromatic rings. The summed E-state index contributed by atoms with van der Waals surface area (Å²) in [5.41, 5.74) is 1.54. The first-order valence-electron chi connectivity index (χ1n) is 8.77. The molecule has 0 saturated heterocycles. The summed E-state index contributed by atoms with van der Waals surface area (Å²) in [5.74, 6) is 1.69. The van der Waals surface area contributed by atoms with Crippen LogP contribution in [0, 0.1) is 0 Å². The molecule has 152 valence electrons. The van der Waals surface area contributed by atoms with Gasteiger partial charge < -0.3 is 26.8 Å². The number of furan rings is 3. The molecule has 3 heterocycles. The highest BCUT2D eigenvalue weighted by molar-refractivity contribution is 6.59. The molecule has 0 unspecified atom stereocenters. The number of nitrogens with zero attached hydrogens (tertiary/aromatic N) is 3. The summed E-state index contributed by atoms with van der Waals surface area (Å²) < 4.78 is 32.7. The fraction of sp³-hybridized carbons (Fsp3) is 0.211. The van der Waals surface area contributed by atoms with Gasteiger partial charge >= 0.3 is 8.80 Å². The molecule has 0 bridgehead atoms. The lowest BCUT2D eigenvalue weighted by atomic mass is 10.3. The van der Waals surface area contributed by atoms with Gasteiger partial charge in [0.05, 0.1) is 18.8 Å².